The SMILES string of the molecule is Cl.ClCCN1CCC(C2CCN(CCCl)CC2)CC1. The summed E-state index contributed by atoms with van der Waals surface area (Å²) in [5.41, 5.74) is 0. The topological polar surface area (TPSA) is 6.48 Å². The lowest BCUT2D eigenvalue weighted by Crippen LogP contribution is -2.41. The normalized spacial score (nSPS) is 24.3. The summed E-state index contributed by atoms with van der Waals surface area (Å²) in [6.45, 7) is 7.20. The molecular formula is C14H27Cl3N2. The highest BCUT2D eigenvalue weighted by molar-refractivity contribution is 6.18. The van der Waals surface area contributed by atoms with Crippen molar-refractivity contribution < 1.29 is 0 Å². The molecule has 2 saturated heterocycles. The van der Waals surface area contributed by atoms with Gasteiger partial charge in [-0.3, -0.25) is 0 Å². The van der Waals surface area contributed by atoms with E-state index in [4.69, 9.17) is 23.2 Å². The van der Waals surface area contributed by atoms with Gasteiger partial charge in [-0.2, -0.15) is 0 Å². The highest BCUT2D eigenvalue weighted by atomic mass is 35.5. The van der Waals surface area contributed by atoms with Crippen molar-refractivity contribution in [3.63, 3.8) is 0 Å². The predicted octanol–water partition coefficient (Wildman–Crippen LogP) is 3.31. The predicted molar refractivity (Wildman–Crippen MR) is 87.0 cm³/mol. The number of piperidine rings is 2. The van der Waals surface area contributed by atoms with Crippen molar-refractivity contribution in [2.24, 2.45) is 11.8 Å². The third-order valence-electron chi connectivity index (χ3n) is 4.73. The van der Waals surface area contributed by atoms with E-state index in [0.29, 0.717) is 0 Å². The molecule has 0 aromatic rings. The van der Waals surface area contributed by atoms with Crippen LogP contribution >= 0.6 is 35.6 Å². The van der Waals surface area contributed by atoms with Crippen LogP contribution in [0.2, 0.25) is 0 Å². The van der Waals surface area contributed by atoms with Gasteiger partial charge in [0, 0.05) is 24.8 Å². The van der Waals surface area contributed by atoms with Gasteiger partial charge in [-0.05, 0) is 63.7 Å². The Labute approximate surface area is 134 Å². The molecule has 0 spiro atoms. The van der Waals surface area contributed by atoms with E-state index in [-0.39, 0.29) is 12.4 Å². The highest BCUT2D eigenvalue weighted by Gasteiger charge is 2.29. The molecule has 5 heteroatoms. The van der Waals surface area contributed by atoms with Crippen LogP contribution in [0, 0.1) is 11.8 Å². The van der Waals surface area contributed by atoms with Crippen LogP contribution in [0.25, 0.3) is 0 Å². The summed E-state index contributed by atoms with van der Waals surface area (Å²) in [7, 11) is 0. The van der Waals surface area contributed by atoms with E-state index >= 15 is 0 Å². The maximum absolute atomic E-state index is 5.81. The fraction of sp³-hybridized carbons (Fsp3) is 1.00. The molecule has 2 aliphatic heterocycles. The Bertz CT molecular complexity index is 201. The number of nitrogens with zero attached hydrogens (tertiary/aromatic N) is 2. The maximum atomic E-state index is 5.81. The van der Waals surface area contributed by atoms with Gasteiger partial charge in [0.05, 0.1) is 0 Å². The molecule has 2 nitrogen and oxygen atoms in total. The number of hydrogen-bond acceptors (Lipinski definition) is 2. The Hall–Kier alpha value is 0.790. The highest BCUT2D eigenvalue weighted by Crippen LogP contribution is 2.32. The Kier molecular flexibility index (Phi) is 9.09. The summed E-state index contributed by atoms with van der Waals surface area (Å²) >= 11 is 11.6. The minimum absolute atomic E-state index is 0. The summed E-state index contributed by atoms with van der Waals surface area (Å²) in [5, 5.41) is 0. The van der Waals surface area contributed by atoms with Crippen LogP contribution in [0.1, 0.15) is 25.7 Å². The average molecular weight is 330 g/mol. The first kappa shape index (κ1) is 17.8. The van der Waals surface area contributed by atoms with Crippen molar-refractivity contribution >= 4 is 35.6 Å². The molecule has 0 N–H and O–H groups in total. The molecule has 0 unspecified atom stereocenters. The molecule has 0 radical (unpaired) electrons. The molecule has 114 valence electrons. The lowest BCUT2D eigenvalue weighted by Gasteiger charge is -2.40. The van der Waals surface area contributed by atoms with Gasteiger partial charge in [0.15, 0.2) is 0 Å². The summed E-state index contributed by atoms with van der Waals surface area (Å²) in [4.78, 5) is 5.04. The van der Waals surface area contributed by atoms with Crippen LogP contribution in [0.4, 0.5) is 0 Å². The molecule has 0 bridgehead atoms. The fourth-order valence-corrected chi connectivity index (χ4v) is 4.01. The van der Waals surface area contributed by atoms with Crippen molar-refractivity contribution in [3.8, 4) is 0 Å². The summed E-state index contributed by atoms with van der Waals surface area (Å²) in [6.07, 6.45) is 5.54. The number of alkyl halides is 2. The Balaban J connectivity index is 0.00000180. The van der Waals surface area contributed by atoms with Gasteiger partial charge in [0.25, 0.3) is 0 Å². The molecule has 0 atom stereocenters. The maximum Gasteiger partial charge on any atom is 0.0351 e. The van der Waals surface area contributed by atoms with E-state index in [0.717, 1.165) is 36.7 Å². The van der Waals surface area contributed by atoms with Gasteiger partial charge in [-0.25, -0.2) is 0 Å². The summed E-state index contributed by atoms with van der Waals surface area (Å²) < 4.78 is 0. The van der Waals surface area contributed by atoms with Gasteiger partial charge in [0.1, 0.15) is 0 Å². The van der Waals surface area contributed by atoms with Crippen molar-refractivity contribution in [2.45, 2.75) is 25.7 Å². The van der Waals surface area contributed by atoms with Crippen molar-refractivity contribution in [1.29, 1.82) is 0 Å². The Morgan fingerprint density at radius 2 is 1.00 bits per heavy atom. The molecule has 2 aliphatic rings. The number of rotatable bonds is 5. The van der Waals surface area contributed by atoms with Crippen LogP contribution < -0.4 is 0 Å². The van der Waals surface area contributed by atoms with E-state index in [2.05, 4.69) is 9.80 Å². The first-order chi connectivity index (χ1) is 8.83. The van der Waals surface area contributed by atoms with E-state index in [1.54, 1.807) is 0 Å². The fourth-order valence-electron chi connectivity index (χ4n) is 3.53. The molecule has 0 amide bonds. The van der Waals surface area contributed by atoms with Crippen LogP contribution in [0.3, 0.4) is 0 Å². The van der Waals surface area contributed by atoms with Crippen LogP contribution in [0.5, 0.6) is 0 Å². The van der Waals surface area contributed by atoms with E-state index < -0.39 is 0 Å². The monoisotopic (exact) mass is 328 g/mol. The standard InChI is InChI=1S/C14H26Cl2N2.ClH/c15-5-11-17-7-1-13(2-8-17)14-3-9-18(10-4-14)12-6-16;/h13-14H,1-12H2;1H. The van der Waals surface area contributed by atoms with Crippen molar-refractivity contribution in [3.05, 3.63) is 0 Å². The first-order valence-electron chi connectivity index (χ1n) is 7.40. The number of halogens is 3. The molecule has 2 fully saturated rings. The average Bonchev–Trinajstić information content (AvgIpc) is 2.41. The zero-order valence-corrected chi connectivity index (χ0v) is 14.0. The summed E-state index contributed by atoms with van der Waals surface area (Å²) in [6, 6.07) is 0. The third-order valence-corrected chi connectivity index (χ3v) is 5.07. The molecule has 0 aromatic carbocycles. The second-order valence-electron chi connectivity index (χ2n) is 5.74. The summed E-state index contributed by atoms with van der Waals surface area (Å²) in [5.74, 6) is 3.49. The lowest BCUT2D eigenvalue weighted by atomic mass is 9.79. The number of likely N-dealkylation sites (tertiary alicyclic amines) is 2. The minimum atomic E-state index is 0. The number of hydrogen-bond donors (Lipinski definition) is 0. The molecule has 2 heterocycles. The van der Waals surface area contributed by atoms with Gasteiger partial charge in [-0.1, -0.05) is 0 Å². The third kappa shape index (κ3) is 5.59. The zero-order chi connectivity index (χ0) is 12.8. The van der Waals surface area contributed by atoms with Crippen LogP contribution in [0.15, 0.2) is 0 Å². The zero-order valence-electron chi connectivity index (χ0n) is 11.7. The van der Waals surface area contributed by atoms with E-state index in [1.165, 1.54) is 51.9 Å². The molecule has 0 aliphatic carbocycles. The molecule has 0 aromatic heterocycles. The van der Waals surface area contributed by atoms with Gasteiger partial charge >= 0.3 is 0 Å². The molecule has 2 rings (SSSR count). The second kappa shape index (κ2) is 9.68. The van der Waals surface area contributed by atoms with Crippen LogP contribution in [-0.4, -0.2) is 60.8 Å². The smallest absolute Gasteiger partial charge is 0.0351 e. The van der Waals surface area contributed by atoms with Gasteiger partial charge < -0.3 is 9.80 Å². The van der Waals surface area contributed by atoms with E-state index in [1.807, 2.05) is 0 Å². The quantitative estimate of drug-likeness (QED) is 0.714. The molecule has 19 heavy (non-hydrogen) atoms. The second-order valence-corrected chi connectivity index (χ2v) is 6.49. The van der Waals surface area contributed by atoms with E-state index in [9.17, 15) is 0 Å². The molecule has 0 saturated carbocycles. The van der Waals surface area contributed by atoms with Crippen molar-refractivity contribution in [2.75, 3.05) is 51.0 Å². The molecular weight excluding hydrogens is 303 g/mol. The van der Waals surface area contributed by atoms with Gasteiger partial charge in [-0.15, -0.1) is 35.6 Å². The Morgan fingerprint density at radius 3 is 1.26 bits per heavy atom. The van der Waals surface area contributed by atoms with Crippen LogP contribution in [-0.2, 0) is 0 Å². The van der Waals surface area contributed by atoms with Gasteiger partial charge in [0.2, 0.25) is 0 Å². The minimum Gasteiger partial charge on any atom is -0.302 e. The largest absolute Gasteiger partial charge is 0.302 e. The first-order valence-corrected chi connectivity index (χ1v) is 8.47. The Morgan fingerprint density at radius 1 is 0.684 bits per heavy atom. The lowest BCUT2D eigenvalue weighted by molar-refractivity contribution is 0.101. The van der Waals surface area contributed by atoms with Crippen molar-refractivity contribution in [1.82, 2.24) is 9.80 Å².